The van der Waals surface area contributed by atoms with Crippen LogP contribution in [0.5, 0.6) is 5.75 Å². The van der Waals surface area contributed by atoms with E-state index in [0.717, 1.165) is 54.5 Å². The molecule has 2 aliphatic carbocycles. The number of aromatic nitrogens is 1. The lowest BCUT2D eigenvalue weighted by molar-refractivity contribution is -0.143. The number of carbonyl (C=O) groups excluding carboxylic acids is 2. The van der Waals surface area contributed by atoms with Gasteiger partial charge in [-0.05, 0) is 84.7 Å². The number of hydrogen-bond donors (Lipinski definition) is 3. The summed E-state index contributed by atoms with van der Waals surface area (Å²) in [5.74, 6) is -1.99. The molecule has 1 aromatic heterocycles. The molecule has 5 rings (SSSR count). The molecule has 0 bridgehead atoms. The summed E-state index contributed by atoms with van der Waals surface area (Å²) in [6, 6.07) is 12.5. The summed E-state index contributed by atoms with van der Waals surface area (Å²) in [4.78, 5) is 33.3. The van der Waals surface area contributed by atoms with Crippen molar-refractivity contribution >= 4 is 23.5 Å². The molecule has 0 radical (unpaired) electrons. The van der Waals surface area contributed by atoms with E-state index in [1.807, 2.05) is 36.4 Å². The van der Waals surface area contributed by atoms with E-state index in [1.165, 1.54) is 4.90 Å². The Morgan fingerprint density at radius 1 is 1.10 bits per heavy atom. The number of likely N-dealkylation sites (tertiary alicyclic amines) is 1. The van der Waals surface area contributed by atoms with E-state index in [1.54, 1.807) is 25.4 Å². The standard InChI is InChI=1S/C33H40N2O6/c1-41-20-23-18-26-31(33(40)35(32(26)39)24-7-3-2-4-8-24)27(19-36)30(23)29(38)15-12-22(28-9-5-6-16-34-28)17-21-10-13-25(37)14-11-21/h5-6,9-11,13-14,16-17,24,26-27,29,31,36-38H,2-4,7-8,12,15,18-20H2,1H3/b22-17-/t26-,27+,29-,31-/m1/s1. The van der Waals surface area contributed by atoms with E-state index in [-0.39, 0.29) is 36.8 Å². The summed E-state index contributed by atoms with van der Waals surface area (Å²) >= 11 is 0. The third-order valence-corrected chi connectivity index (χ3v) is 8.95. The minimum Gasteiger partial charge on any atom is -0.508 e. The van der Waals surface area contributed by atoms with Gasteiger partial charge in [0.2, 0.25) is 11.8 Å². The van der Waals surface area contributed by atoms with Gasteiger partial charge in [-0.25, -0.2) is 0 Å². The molecule has 1 aliphatic heterocycles. The summed E-state index contributed by atoms with van der Waals surface area (Å²) in [6.07, 6.45) is 8.75. The van der Waals surface area contributed by atoms with Crippen LogP contribution in [-0.2, 0) is 14.3 Å². The molecule has 0 spiro atoms. The van der Waals surface area contributed by atoms with E-state index >= 15 is 0 Å². The third kappa shape index (κ3) is 6.15. The van der Waals surface area contributed by atoms with Crippen LogP contribution in [0, 0.1) is 17.8 Å². The Bertz CT molecular complexity index is 1280. The number of pyridine rings is 1. The van der Waals surface area contributed by atoms with E-state index in [9.17, 15) is 24.9 Å². The van der Waals surface area contributed by atoms with Crippen LogP contribution in [0.15, 0.2) is 59.8 Å². The molecule has 2 amide bonds. The summed E-state index contributed by atoms with van der Waals surface area (Å²) in [5.41, 5.74) is 4.01. The highest BCUT2D eigenvalue weighted by Gasteiger charge is 2.56. The van der Waals surface area contributed by atoms with Crippen LogP contribution in [0.3, 0.4) is 0 Å². The maximum atomic E-state index is 13.8. The summed E-state index contributed by atoms with van der Waals surface area (Å²) in [7, 11) is 1.58. The van der Waals surface area contributed by atoms with Crippen LogP contribution in [0.25, 0.3) is 11.6 Å². The average Bonchev–Trinajstić information content (AvgIpc) is 3.25. The number of nitrogens with zero attached hydrogens (tertiary/aromatic N) is 2. The maximum absolute atomic E-state index is 13.8. The summed E-state index contributed by atoms with van der Waals surface area (Å²) in [6.45, 7) is -0.0950. The molecular weight excluding hydrogens is 520 g/mol. The van der Waals surface area contributed by atoms with Crippen LogP contribution in [0.4, 0.5) is 0 Å². The van der Waals surface area contributed by atoms with Gasteiger partial charge in [0.1, 0.15) is 5.75 Å². The highest BCUT2D eigenvalue weighted by molar-refractivity contribution is 6.06. The molecule has 8 nitrogen and oxygen atoms in total. The fourth-order valence-corrected chi connectivity index (χ4v) is 7.04. The molecule has 8 heteroatoms. The fraction of sp³-hybridized carbons (Fsp3) is 0.485. The lowest BCUT2D eigenvalue weighted by atomic mass is 9.68. The number of aromatic hydroxyl groups is 1. The Morgan fingerprint density at radius 2 is 1.85 bits per heavy atom. The van der Waals surface area contributed by atoms with Gasteiger partial charge in [0.25, 0.3) is 0 Å². The number of amides is 2. The van der Waals surface area contributed by atoms with Crippen molar-refractivity contribution in [2.24, 2.45) is 17.8 Å². The number of rotatable bonds is 10. The third-order valence-electron chi connectivity index (χ3n) is 8.95. The minimum atomic E-state index is -0.934. The monoisotopic (exact) mass is 560 g/mol. The molecule has 3 aliphatic rings. The Labute approximate surface area is 241 Å². The topological polar surface area (TPSA) is 120 Å². The van der Waals surface area contributed by atoms with Gasteiger partial charge in [-0.15, -0.1) is 0 Å². The predicted octanol–water partition coefficient (Wildman–Crippen LogP) is 4.36. The smallest absolute Gasteiger partial charge is 0.234 e. The molecular formula is C33H40N2O6. The van der Waals surface area contributed by atoms with Crippen LogP contribution >= 0.6 is 0 Å². The largest absolute Gasteiger partial charge is 0.508 e. The lowest BCUT2D eigenvalue weighted by Crippen LogP contribution is -2.42. The molecule has 2 fully saturated rings. The second-order valence-electron chi connectivity index (χ2n) is 11.5. The molecule has 1 aromatic carbocycles. The first-order valence-electron chi connectivity index (χ1n) is 14.7. The molecule has 4 atom stereocenters. The summed E-state index contributed by atoms with van der Waals surface area (Å²) < 4.78 is 5.49. The first-order valence-corrected chi connectivity index (χ1v) is 14.7. The van der Waals surface area contributed by atoms with Crippen molar-refractivity contribution < 1.29 is 29.6 Å². The van der Waals surface area contributed by atoms with Crippen molar-refractivity contribution in [2.45, 2.75) is 63.5 Å². The fourth-order valence-electron chi connectivity index (χ4n) is 7.04. The van der Waals surface area contributed by atoms with Gasteiger partial charge >= 0.3 is 0 Å². The number of aliphatic hydroxyl groups is 2. The number of carbonyl (C=O) groups is 2. The number of fused-ring (bicyclic) bond motifs is 1. The van der Waals surface area contributed by atoms with Crippen LogP contribution in [0.2, 0.25) is 0 Å². The van der Waals surface area contributed by atoms with Crippen molar-refractivity contribution in [3.63, 3.8) is 0 Å². The predicted molar refractivity (Wildman–Crippen MR) is 155 cm³/mol. The minimum absolute atomic E-state index is 0.0705. The number of allylic oxidation sites excluding steroid dienone is 1. The first kappa shape index (κ1) is 29.2. The zero-order valence-corrected chi connectivity index (χ0v) is 23.6. The van der Waals surface area contributed by atoms with Crippen molar-refractivity contribution in [2.75, 3.05) is 20.3 Å². The van der Waals surface area contributed by atoms with Crippen molar-refractivity contribution in [3.05, 3.63) is 71.1 Å². The Balaban J connectivity index is 1.41. The molecule has 1 saturated heterocycles. The number of methoxy groups -OCH3 is 1. The van der Waals surface area contributed by atoms with Gasteiger partial charge in [0.15, 0.2) is 0 Å². The molecule has 2 aromatic rings. The number of imide groups is 1. The SMILES string of the molecule is COCC1=C([C@H](O)CC/C(=C/c2ccc(O)cc2)c2ccccn2)[C@H](CO)[C@@H]2C(=O)N(C3CCCCC3)C(=O)[C@@H]2C1. The Morgan fingerprint density at radius 3 is 2.51 bits per heavy atom. The van der Waals surface area contributed by atoms with Gasteiger partial charge in [0, 0.05) is 25.3 Å². The highest BCUT2D eigenvalue weighted by atomic mass is 16.5. The van der Waals surface area contributed by atoms with E-state index in [0.29, 0.717) is 24.8 Å². The molecule has 3 N–H and O–H groups in total. The van der Waals surface area contributed by atoms with Crippen LogP contribution in [0.1, 0.15) is 62.6 Å². The second kappa shape index (κ2) is 13.1. The van der Waals surface area contributed by atoms with E-state index < -0.39 is 23.9 Å². The highest BCUT2D eigenvalue weighted by Crippen LogP contribution is 2.47. The molecule has 0 unspecified atom stereocenters. The number of aliphatic hydroxyl groups excluding tert-OH is 2. The normalized spacial score (nSPS) is 24.6. The number of benzene rings is 1. The van der Waals surface area contributed by atoms with Gasteiger partial charge in [0.05, 0.1) is 36.8 Å². The Hall–Kier alpha value is -3.33. The van der Waals surface area contributed by atoms with E-state index in [4.69, 9.17) is 4.74 Å². The number of phenols is 1. The van der Waals surface area contributed by atoms with Crippen LogP contribution < -0.4 is 0 Å². The van der Waals surface area contributed by atoms with Crippen molar-refractivity contribution in [1.82, 2.24) is 9.88 Å². The number of hydrogen-bond acceptors (Lipinski definition) is 7. The second-order valence-corrected chi connectivity index (χ2v) is 11.5. The summed E-state index contributed by atoms with van der Waals surface area (Å²) in [5, 5.41) is 31.9. The molecule has 218 valence electrons. The number of ether oxygens (including phenoxy) is 1. The lowest BCUT2D eigenvalue weighted by Gasteiger charge is -2.36. The maximum Gasteiger partial charge on any atom is 0.234 e. The quantitative estimate of drug-likeness (QED) is 0.292. The molecule has 41 heavy (non-hydrogen) atoms. The van der Waals surface area contributed by atoms with E-state index in [2.05, 4.69) is 4.98 Å². The van der Waals surface area contributed by atoms with Crippen LogP contribution in [-0.4, -0.2) is 69.5 Å². The zero-order valence-electron chi connectivity index (χ0n) is 23.6. The first-order chi connectivity index (χ1) is 19.9. The van der Waals surface area contributed by atoms with Crippen molar-refractivity contribution in [1.29, 1.82) is 0 Å². The Kier molecular flexibility index (Phi) is 9.32. The van der Waals surface area contributed by atoms with Gasteiger partial charge in [-0.3, -0.25) is 19.5 Å². The van der Waals surface area contributed by atoms with Gasteiger partial charge in [-0.1, -0.05) is 37.5 Å². The van der Waals surface area contributed by atoms with Gasteiger partial charge in [-0.2, -0.15) is 0 Å². The van der Waals surface area contributed by atoms with Crippen molar-refractivity contribution in [3.8, 4) is 5.75 Å². The molecule has 1 saturated carbocycles. The molecule has 2 heterocycles. The average molecular weight is 561 g/mol. The number of phenolic OH excluding ortho intramolecular Hbond substituents is 1. The zero-order chi connectivity index (χ0) is 28.9. The van der Waals surface area contributed by atoms with Gasteiger partial charge < -0.3 is 20.1 Å².